The lowest BCUT2D eigenvalue weighted by Gasteiger charge is -2.27. The zero-order valence-corrected chi connectivity index (χ0v) is 12.0. The molecule has 12 nitrogen and oxygen atoms in total. The third-order valence-electron chi connectivity index (χ3n) is 3.52. The summed E-state index contributed by atoms with van der Waals surface area (Å²) in [5.74, 6) is 4.80. The Morgan fingerprint density at radius 2 is 2.18 bits per heavy atom. The number of carbonyl (C=O) groups is 1. The first-order chi connectivity index (χ1) is 10.4. The maximum Gasteiger partial charge on any atom is 0.437 e. The van der Waals surface area contributed by atoms with Gasteiger partial charge in [0, 0.05) is 6.54 Å². The number of aliphatic hydroxyl groups excluding tert-OH is 1. The molecule has 2 amide bonds. The van der Waals surface area contributed by atoms with Crippen LogP contribution >= 0.6 is 0 Å². The van der Waals surface area contributed by atoms with Gasteiger partial charge in [-0.2, -0.15) is 23.7 Å². The molecule has 0 aliphatic carbocycles. The van der Waals surface area contributed by atoms with Gasteiger partial charge in [-0.3, -0.25) is 0 Å². The van der Waals surface area contributed by atoms with Crippen LogP contribution < -0.4 is 5.90 Å². The van der Waals surface area contributed by atoms with Crippen molar-refractivity contribution < 1.29 is 31.3 Å². The average molecular weight is 335 g/mol. The van der Waals surface area contributed by atoms with Crippen molar-refractivity contribution in [1.82, 2.24) is 20.2 Å². The number of carbonyl (C=O) groups excluding carboxylic acids is 1. The van der Waals surface area contributed by atoms with Gasteiger partial charge in [0.2, 0.25) is 11.8 Å². The van der Waals surface area contributed by atoms with Gasteiger partial charge in [0.15, 0.2) is 0 Å². The number of urea groups is 1. The number of amides is 2. The molecule has 22 heavy (non-hydrogen) atoms. The molecule has 0 aromatic carbocycles. The second kappa shape index (κ2) is 5.44. The molecule has 3 N–H and O–H groups in total. The lowest BCUT2D eigenvalue weighted by atomic mass is 10.0. The Hall–Kier alpha value is -1.80. The van der Waals surface area contributed by atoms with Gasteiger partial charge in [0.25, 0.3) is 0 Å². The fourth-order valence-electron chi connectivity index (χ4n) is 2.57. The highest BCUT2D eigenvalue weighted by atomic mass is 32.3. The SMILES string of the molecule is NOS(=O)(=O)ON1C(=O)N2C[C@H]1CC[C@H]2c1nnc(CO)o1. The fourth-order valence-corrected chi connectivity index (χ4v) is 2.99. The van der Waals surface area contributed by atoms with Gasteiger partial charge >= 0.3 is 16.4 Å². The van der Waals surface area contributed by atoms with Gasteiger partial charge in [0.1, 0.15) is 12.6 Å². The molecule has 122 valence electrons. The molecule has 2 bridgehead atoms. The number of nitrogens with zero attached hydrogens (tertiary/aromatic N) is 4. The van der Waals surface area contributed by atoms with Gasteiger partial charge in [0.05, 0.1) is 6.04 Å². The van der Waals surface area contributed by atoms with Crippen molar-refractivity contribution in [2.45, 2.75) is 31.5 Å². The number of hydroxylamine groups is 2. The van der Waals surface area contributed by atoms with Crippen LogP contribution in [0.3, 0.4) is 0 Å². The Balaban J connectivity index is 1.80. The Labute approximate surface area is 124 Å². The van der Waals surface area contributed by atoms with Crippen molar-refractivity contribution in [2.24, 2.45) is 5.90 Å². The summed E-state index contributed by atoms with van der Waals surface area (Å²) >= 11 is 0. The lowest BCUT2D eigenvalue weighted by molar-refractivity contribution is -0.0366. The maximum atomic E-state index is 12.3. The van der Waals surface area contributed by atoms with Gasteiger partial charge in [-0.25, -0.2) is 4.79 Å². The van der Waals surface area contributed by atoms with Crippen molar-refractivity contribution >= 4 is 16.4 Å². The average Bonchev–Trinajstić information content (AvgIpc) is 3.08. The van der Waals surface area contributed by atoms with E-state index in [-0.39, 0.29) is 18.3 Å². The minimum Gasteiger partial charge on any atom is -0.420 e. The second-order valence-corrected chi connectivity index (χ2v) is 5.94. The minimum absolute atomic E-state index is 0.0379. The van der Waals surface area contributed by atoms with E-state index in [0.717, 1.165) is 0 Å². The highest BCUT2D eigenvalue weighted by molar-refractivity contribution is 7.81. The molecular weight excluding hydrogens is 322 g/mol. The summed E-state index contributed by atoms with van der Waals surface area (Å²) in [5.41, 5.74) is 0. The van der Waals surface area contributed by atoms with Crippen molar-refractivity contribution in [3.63, 3.8) is 0 Å². The molecule has 2 fully saturated rings. The summed E-state index contributed by atoms with van der Waals surface area (Å²) in [6.07, 6.45) is 0.941. The van der Waals surface area contributed by atoms with E-state index in [1.54, 1.807) is 0 Å². The van der Waals surface area contributed by atoms with Crippen LogP contribution in [0.15, 0.2) is 4.42 Å². The van der Waals surface area contributed by atoms with Crippen LogP contribution in [0.2, 0.25) is 0 Å². The van der Waals surface area contributed by atoms with Crippen LogP contribution in [0.25, 0.3) is 0 Å². The highest BCUT2D eigenvalue weighted by Crippen LogP contribution is 2.38. The Morgan fingerprint density at radius 1 is 1.41 bits per heavy atom. The van der Waals surface area contributed by atoms with Gasteiger partial charge in [-0.1, -0.05) is 0 Å². The molecule has 13 heteroatoms. The van der Waals surface area contributed by atoms with E-state index in [2.05, 4.69) is 24.7 Å². The molecule has 3 rings (SSSR count). The molecular formula is C9H13N5O7S. The summed E-state index contributed by atoms with van der Waals surface area (Å²) in [5, 5.41) is 17.1. The van der Waals surface area contributed by atoms with Crippen LogP contribution in [-0.4, -0.2) is 52.3 Å². The highest BCUT2D eigenvalue weighted by Gasteiger charge is 2.49. The molecule has 0 unspecified atom stereocenters. The monoisotopic (exact) mass is 335 g/mol. The molecule has 2 aliphatic heterocycles. The first kappa shape index (κ1) is 15.1. The van der Waals surface area contributed by atoms with Gasteiger partial charge in [-0.05, 0) is 12.8 Å². The third kappa shape index (κ3) is 2.52. The summed E-state index contributed by atoms with van der Waals surface area (Å²) in [4.78, 5) is 13.6. The van der Waals surface area contributed by atoms with E-state index < -0.39 is 35.1 Å². The van der Waals surface area contributed by atoms with Crippen molar-refractivity contribution in [2.75, 3.05) is 6.54 Å². The summed E-state index contributed by atoms with van der Waals surface area (Å²) < 4.78 is 35.9. The number of hydrogen-bond acceptors (Lipinski definition) is 10. The summed E-state index contributed by atoms with van der Waals surface area (Å²) in [6.45, 7) is -0.169. The third-order valence-corrected chi connectivity index (χ3v) is 4.09. The van der Waals surface area contributed by atoms with Gasteiger partial charge in [-0.15, -0.1) is 14.5 Å². The molecule has 2 aliphatic rings. The molecule has 0 saturated carbocycles. The quantitative estimate of drug-likeness (QED) is 0.610. The number of fused-ring (bicyclic) bond motifs is 2. The Kier molecular flexibility index (Phi) is 3.73. The normalized spacial score (nSPS) is 25.1. The zero-order chi connectivity index (χ0) is 15.9. The molecule has 0 radical (unpaired) electrons. The molecule has 1 aromatic heterocycles. The number of nitrogens with two attached hydrogens (primary N) is 1. The Morgan fingerprint density at radius 3 is 2.82 bits per heavy atom. The van der Waals surface area contributed by atoms with Crippen LogP contribution in [-0.2, 0) is 25.6 Å². The predicted molar refractivity (Wildman–Crippen MR) is 65.2 cm³/mol. The van der Waals surface area contributed by atoms with Crippen LogP contribution in [0.4, 0.5) is 4.79 Å². The van der Waals surface area contributed by atoms with E-state index in [1.165, 1.54) is 4.90 Å². The smallest absolute Gasteiger partial charge is 0.420 e. The maximum absolute atomic E-state index is 12.3. The number of hydrogen-bond donors (Lipinski definition) is 2. The molecule has 3 heterocycles. The van der Waals surface area contributed by atoms with E-state index in [0.29, 0.717) is 17.9 Å². The number of aromatic nitrogens is 2. The summed E-state index contributed by atoms with van der Waals surface area (Å²) in [6, 6.07) is -1.63. The van der Waals surface area contributed by atoms with Crippen molar-refractivity contribution in [3.8, 4) is 0 Å². The van der Waals surface area contributed by atoms with Crippen molar-refractivity contribution in [3.05, 3.63) is 11.8 Å². The first-order valence-electron chi connectivity index (χ1n) is 6.31. The molecule has 2 saturated heterocycles. The molecule has 1 aromatic rings. The summed E-state index contributed by atoms with van der Waals surface area (Å²) in [7, 11) is -4.48. The predicted octanol–water partition coefficient (Wildman–Crippen LogP) is -1.43. The molecule has 0 spiro atoms. The van der Waals surface area contributed by atoms with Gasteiger partial charge < -0.3 is 14.4 Å². The second-order valence-electron chi connectivity index (χ2n) is 4.78. The minimum atomic E-state index is -4.48. The zero-order valence-electron chi connectivity index (χ0n) is 11.2. The lowest BCUT2D eigenvalue weighted by Crippen LogP contribution is -2.36. The number of aliphatic hydroxyl groups is 1. The van der Waals surface area contributed by atoms with Crippen LogP contribution in [0, 0.1) is 0 Å². The number of rotatable bonds is 5. The topological polar surface area (TPSA) is 161 Å². The van der Waals surface area contributed by atoms with Crippen LogP contribution in [0.5, 0.6) is 0 Å². The van der Waals surface area contributed by atoms with E-state index in [4.69, 9.17) is 9.52 Å². The first-order valence-corrected chi connectivity index (χ1v) is 7.64. The van der Waals surface area contributed by atoms with Crippen LogP contribution in [0.1, 0.15) is 30.7 Å². The molecule has 2 atom stereocenters. The van der Waals surface area contributed by atoms with Crippen molar-refractivity contribution in [1.29, 1.82) is 0 Å². The fraction of sp³-hybridized carbons (Fsp3) is 0.667. The standard InChI is InChI=1S/C9H13N5O7S/c10-20-22(17,18)21-14-5-1-2-6(13(3-5)9(14)16)8-12-11-7(4-15)19-8/h5-6,15H,1-4,10H2/t5-,6+/m1/s1. The van der Waals surface area contributed by atoms with E-state index >= 15 is 0 Å². The largest absolute Gasteiger partial charge is 0.437 e. The van der Waals surface area contributed by atoms with E-state index in [9.17, 15) is 13.2 Å². The number of piperidine rings is 1. The Bertz CT molecular complexity index is 676. The van der Waals surface area contributed by atoms with E-state index in [1.807, 2.05) is 0 Å².